The predicted octanol–water partition coefficient (Wildman–Crippen LogP) is 4.75. The molecule has 0 radical (unpaired) electrons. The Hall–Kier alpha value is -3.19. The summed E-state index contributed by atoms with van der Waals surface area (Å²) in [5.41, 5.74) is 2.65. The maximum atomic E-state index is 13.8. The molecule has 1 aliphatic heterocycles. The van der Waals surface area contributed by atoms with Crippen LogP contribution in [0.4, 0.5) is 10.2 Å². The number of ether oxygens (including phenoxy) is 1. The minimum Gasteiger partial charge on any atom is -0.472 e. The second-order valence-electron chi connectivity index (χ2n) is 7.43. The first-order valence-electron chi connectivity index (χ1n) is 9.97. The molecule has 1 aliphatic rings. The van der Waals surface area contributed by atoms with Crippen molar-refractivity contribution in [3.63, 3.8) is 0 Å². The Labute approximate surface area is 185 Å². The minimum absolute atomic E-state index is 0.0351. The fraction of sp³-hybridized carbons (Fsp3) is 0.261. The van der Waals surface area contributed by atoms with E-state index < -0.39 is 0 Å². The molecule has 8 heteroatoms. The second-order valence-corrected chi connectivity index (χ2v) is 7.87. The van der Waals surface area contributed by atoms with E-state index in [2.05, 4.69) is 15.3 Å². The molecule has 0 fully saturated rings. The predicted molar refractivity (Wildman–Crippen MR) is 116 cm³/mol. The molecule has 0 bridgehead atoms. The first-order valence-corrected chi connectivity index (χ1v) is 10.4. The van der Waals surface area contributed by atoms with E-state index in [1.807, 2.05) is 18.2 Å². The lowest BCUT2D eigenvalue weighted by Gasteiger charge is -2.20. The van der Waals surface area contributed by atoms with Crippen molar-refractivity contribution in [3.05, 3.63) is 82.4 Å². The summed E-state index contributed by atoms with van der Waals surface area (Å²) in [5, 5.41) is 4.01. The highest BCUT2D eigenvalue weighted by Crippen LogP contribution is 2.30. The van der Waals surface area contributed by atoms with Gasteiger partial charge in [0.05, 0.1) is 18.4 Å². The molecule has 2 heterocycles. The van der Waals surface area contributed by atoms with Gasteiger partial charge in [-0.1, -0.05) is 29.8 Å². The number of halogens is 2. The molecule has 31 heavy (non-hydrogen) atoms. The van der Waals surface area contributed by atoms with Crippen LogP contribution in [0, 0.1) is 5.82 Å². The van der Waals surface area contributed by atoms with Gasteiger partial charge in [0, 0.05) is 25.0 Å². The number of hydrogen-bond acceptors (Lipinski definition) is 5. The average molecular weight is 441 g/mol. The maximum absolute atomic E-state index is 13.8. The van der Waals surface area contributed by atoms with Crippen LogP contribution in [0.3, 0.4) is 0 Å². The summed E-state index contributed by atoms with van der Waals surface area (Å²) in [7, 11) is 0. The van der Waals surface area contributed by atoms with E-state index in [1.165, 1.54) is 19.1 Å². The molecule has 0 saturated carbocycles. The number of benzene rings is 2. The van der Waals surface area contributed by atoms with Gasteiger partial charge in [-0.3, -0.25) is 9.78 Å². The van der Waals surface area contributed by atoms with Crippen LogP contribution in [0.5, 0.6) is 5.88 Å². The third kappa shape index (κ3) is 5.30. The summed E-state index contributed by atoms with van der Waals surface area (Å²) in [6.45, 7) is 2.79. The van der Waals surface area contributed by atoms with Crippen molar-refractivity contribution in [2.24, 2.45) is 0 Å². The van der Waals surface area contributed by atoms with Gasteiger partial charge in [0.15, 0.2) is 0 Å². The number of aromatic nitrogens is 2. The SMILES string of the molecule is CC(=O)N1CCC(Nc2cncc(OCc3cccc(Cl)c3)n2)c2ccc(F)cc2C1. The smallest absolute Gasteiger partial charge is 0.234 e. The van der Waals surface area contributed by atoms with Crippen molar-refractivity contribution in [1.29, 1.82) is 0 Å². The number of fused-ring (bicyclic) bond motifs is 1. The molecular formula is C23H22ClFN4O2. The molecule has 160 valence electrons. The molecule has 1 aromatic heterocycles. The highest BCUT2D eigenvalue weighted by Gasteiger charge is 2.24. The summed E-state index contributed by atoms with van der Waals surface area (Å²) in [4.78, 5) is 22.4. The van der Waals surface area contributed by atoms with Crippen molar-refractivity contribution in [1.82, 2.24) is 14.9 Å². The fourth-order valence-corrected chi connectivity index (χ4v) is 3.86. The Morgan fingerprint density at radius 2 is 2.16 bits per heavy atom. The van der Waals surface area contributed by atoms with E-state index in [-0.39, 0.29) is 17.8 Å². The summed E-state index contributed by atoms with van der Waals surface area (Å²) in [6, 6.07) is 12.0. The van der Waals surface area contributed by atoms with Crippen LogP contribution in [0.25, 0.3) is 0 Å². The van der Waals surface area contributed by atoms with E-state index in [9.17, 15) is 9.18 Å². The van der Waals surface area contributed by atoms with Crippen molar-refractivity contribution in [2.45, 2.75) is 32.5 Å². The van der Waals surface area contributed by atoms with Gasteiger partial charge in [0.25, 0.3) is 0 Å². The van der Waals surface area contributed by atoms with Crippen molar-refractivity contribution in [2.75, 3.05) is 11.9 Å². The standard InChI is InChI=1S/C23H22ClFN4O2/c1-15(30)29-8-7-21(20-6-5-19(25)10-17(20)13-29)27-22-11-26-12-23(28-22)31-14-16-3-2-4-18(24)9-16/h2-6,9-12,21H,7-8,13-14H2,1H3,(H,27,28). The Morgan fingerprint density at radius 1 is 1.29 bits per heavy atom. The van der Waals surface area contributed by atoms with Crippen LogP contribution >= 0.6 is 11.6 Å². The van der Waals surface area contributed by atoms with Gasteiger partial charge in [-0.2, -0.15) is 4.98 Å². The first kappa shape index (κ1) is 21.1. The minimum atomic E-state index is -0.320. The van der Waals surface area contributed by atoms with Crippen LogP contribution in [0.1, 0.15) is 36.1 Å². The Morgan fingerprint density at radius 3 is 2.97 bits per heavy atom. The van der Waals surface area contributed by atoms with Gasteiger partial charge >= 0.3 is 0 Å². The fourth-order valence-electron chi connectivity index (χ4n) is 3.64. The number of nitrogens with one attached hydrogen (secondary N) is 1. The second kappa shape index (κ2) is 9.31. The number of carbonyl (C=O) groups excluding carboxylic acids is 1. The molecular weight excluding hydrogens is 419 g/mol. The quantitative estimate of drug-likeness (QED) is 0.620. The zero-order chi connectivity index (χ0) is 21.8. The van der Waals surface area contributed by atoms with Gasteiger partial charge in [-0.25, -0.2) is 4.39 Å². The number of nitrogens with zero attached hydrogens (tertiary/aromatic N) is 3. The van der Waals surface area contributed by atoms with E-state index in [0.29, 0.717) is 42.8 Å². The summed E-state index contributed by atoms with van der Waals surface area (Å²) < 4.78 is 19.6. The van der Waals surface area contributed by atoms with Gasteiger partial charge < -0.3 is 15.0 Å². The molecule has 2 aromatic carbocycles. The Kier molecular flexibility index (Phi) is 6.32. The first-order chi connectivity index (χ1) is 15.0. The molecule has 1 amide bonds. The van der Waals surface area contributed by atoms with Crippen molar-refractivity contribution in [3.8, 4) is 5.88 Å². The van der Waals surface area contributed by atoms with Gasteiger partial charge in [0.2, 0.25) is 11.8 Å². The summed E-state index contributed by atoms with van der Waals surface area (Å²) in [6.07, 6.45) is 3.82. The zero-order valence-electron chi connectivity index (χ0n) is 17.0. The lowest BCUT2D eigenvalue weighted by atomic mass is 9.99. The molecule has 4 rings (SSSR count). The molecule has 0 spiro atoms. The molecule has 3 aromatic rings. The van der Waals surface area contributed by atoms with Crippen LogP contribution in [-0.2, 0) is 17.9 Å². The molecule has 1 N–H and O–H groups in total. The number of anilines is 1. The van der Waals surface area contributed by atoms with Gasteiger partial charge in [-0.15, -0.1) is 0 Å². The van der Waals surface area contributed by atoms with E-state index in [1.54, 1.807) is 29.4 Å². The lowest BCUT2D eigenvalue weighted by molar-refractivity contribution is -0.129. The summed E-state index contributed by atoms with van der Waals surface area (Å²) >= 11 is 6.01. The zero-order valence-corrected chi connectivity index (χ0v) is 17.8. The Balaban J connectivity index is 1.51. The third-order valence-electron chi connectivity index (χ3n) is 5.18. The molecule has 1 atom stereocenters. The van der Waals surface area contributed by atoms with Crippen molar-refractivity contribution >= 4 is 23.3 Å². The summed E-state index contributed by atoms with van der Waals surface area (Å²) in [5.74, 6) is 0.564. The lowest BCUT2D eigenvalue weighted by Crippen LogP contribution is -2.28. The van der Waals surface area contributed by atoms with Crippen molar-refractivity contribution < 1.29 is 13.9 Å². The average Bonchev–Trinajstić information content (AvgIpc) is 2.92. The number of rotatable bonds is 5. The number of hydrogen-bond donors (Lipinski definition) is 1. The Bertz CT molecular complexity index is 1090. The number of carbonyl (C=O) groups is 1. The van der Waals surface area contributed by atoms with E-state index in [4.69, 9.17) is 16.3 Å². The van der Waals surface area contributed by atoms with Crippen LogP contribution in [-0.4, -0.2) is 27.3 Å². The molecule has 1 unspecified atom stereocenters. The normalized spacial score (nSPS) is 15.7. The molecule has 0 saturated heterocycles. The van der Waals surface area contributed by atoms with Gasteiger partial charge in [-0.05, 0) is 47.4 Å². The monoisotopic (exact) mass is 440 g/mol. The molecule has 6 nitrogen and oxygen atoms in total. The topological polar surface area (TPSA) is 67.4 Å². The van der Waals surface area contributed by atoms with E-state index >= 15 is 0 Å². The highest BCUT2D eigenvalue weighted by atomic mass is 35.5. The van der Waals surface area contributed by atoms with Crippen LogP contribution in [0.2, 0.25) is 5.02 Å². The maximum Gasteiger partial charge on any atom is 0.234 e. The van der Waals surface area contributed by atoms with Crippen LogP contribution in [0.15, 0.2) is 54.9 Å². The third-order valence-corrected chi connectivity index (χ3v) is 5.42. The van der Waals surface area contributed by atoms with Gasteiger partial charge in [0.1, 0.15) is 18.2 Å². The molecule has 0 aliphatic carbocycles. The highest BCUT2D eigenvalue weighted by molar-refractivity contribution is 6.30. The number of amides is 1. The van der Waals surface area contributed by atoms with E-state index in [0.717, 1.165) is 16.7 Å². The largest absolute Gasteiger partial charge is 0.472 e. The van der Waals surface area contributed by atoms with Crippen LogP contribution < -0.4 is 10.1 Å².